The first-order valence-electron chi connectivity index (χ1n) is 10.7. The van der Waals surface area contributed by atoms with Crippen molar-refractivity contribution in [2.45, 2.75) is 45.4 Å². The van der Waals surface area contributed by atoms with Crippen molar-refractivity contribution in [3.63, 3.8) is 0 Å². The maximum atomic E-state index is 13.3. The lowest BCUT2D eigenvalue weighted by molar-refractivity contribution is -0.116. The second kappa shape index (κ2) is 12.7. The molecule has 1 amide bonds. The molecule has 2 atom stereocenters. The van der Waals surface area contributed by atoms with Gasteiger partial charge >= 0.3 is 0 Å². The first-order valence-corrected chi connectivity index (χ1v) is 10.7. The van der Waals surface area contributed by atoms with E-state index in [0.29, 0.717) is 19.5 Å². The molecule has 2 unspecified atom stereocenters. The van der Waals surface area contributed by atoms with Crippen LogP contribution < -0.4 is 10.6 Å². The molecular weight excluding hydrogens is 522 g/mol. The third-order valence-corrected chi connectivity index (χ3v) is 5.18. The summed E-state index contributed by atoms with van der Waals surface area (Å²) >= 11 is 0. The Morgan fingerprint density at radius 3 is 2.47 bits per heavy atom. The summed E-state index contributed by atoms with van der Waals surface area (Å²) in [5.74, 6) is 0.575. The van der Waals surface area contributed by atoms with Gasteiger partial charge in [-0.1, -0.05) is 31.2 Å². The van der Waals surface area contributed by atoms with E-state index in [4.69, 9.17) is 4.74 Å². The Morgan fingerprint density at radius 1 is 1.16 bits per heavy atom. The van der Waals surface area contributed by atoms with E-state index >= 15 is 0 Å². The Morgan fingerprint density at radius 2 is 1.84 bits per heavy atom. The zero-order valence-electron chi connectivity index (χ0n) is 18.8. The predicted octanol–water partition coefficient (Wildman–Crippen LogP) is 4.72. The molecular formula is C24H32FIN4O2. The average Bonchev–Trinajstić information content (AvgIpc) is 2.75. The van der Waals surface area contributed by atoms with Gasteiger partial charge in [-0.3, -0.25) is 9.79 Å². The molecule has 1 heterocycles. The Labute approximate surface area is 206 Å². The predicted molar refractivity (Wildman–Crippen MR) is 137 cm³/mol. The fourth-order valence-corrected chi connectivity index (χ4v) is 3.66. The van der Waals surface area contributed by atoms with E-state index in [9.17, 15) is 9.18 Å². The quantitative estimate of drug-likeness (QED) is 0.308. The van der Waals surface area contributed by atoms with Crippen molar-refractivity contribution in [1.29, 1.82) is 0 Å². The SMILES string of the molecule is CCCC(=O)Nc1ccc(CNC(=NC)N2CC(C)OC(c3ccc(F)cc3)C2)cc1.I. The number of morpholine rings is 1. The van der Waals surface area contributed by atoms with Crippen LogP contribution in [0.5, 0.6) is 0 Å². The molecule has 0 radical (unpaired) electrons. The number of ether oxygens (including phenoxy) is 1. The number of nitrogens with one attached hydrogen (secondary N) is 2. The summed E-state index contributed by atoms with van der Waals surface area (Å²) in [6.07, 6.45) is 1.23. The van der Waals surface area contributed by atoms with Crippen molar-refractivity contribution < 1.29 is 13.9 Å². The summed E-state index contributed by atoms with van der Waals surface area (Å²) in [6.45, 7) is 5.99. The molecule has 0 bridgehead atoms. The number of nitrogens with zero attached hydrogens (tertiary/aromatic N) is 2. The molecule has 32 heavy (non-hydrogen) atoms. The molecule has 6 nitrogen and oxygen atoms in total. The van der Waals surface area contributed by atoms with E-state index in [-0.39, 0.29) is 47.9 Å². The summed E-state index contributed by atoms with van der Waals surface area (Å²) < 4.78 is 19.4. The van der Waals surface area contributed by atoms with Gasteiger partial charge < -0.3 is 20.3 Å². The number of rotatable bonds is 6. The van der Waals surface area contributed by atoms with E-state index in [1.807, 2.05) is 38.1 Å². The van der Waals surface area contributed by atoms with Gasteiger partial charge in [0.05, 0.1) is 12.6 Å². The van der Waals surface area contributed by atoms with E-state index in [1.54, 1.807) is 19.2 Å². The van der Waals surface area contributed by atoms with Crippen LogP contribution >= 0.6 is 24.0 Å². The van der Waals surface area contributed by atoms with Crippen LogP contribution in [0.15, 0.2) is 53.5 Å². The van der Waals surface area contributed by atoms with E-state index in [2.05, 4.69) is 20.5 Å². The van der Waals surface area contributed by atoms with Gasteiger partial charge in [-0.15, -0.1) is 24.0 Å². The molecule has 8 heteroatoms. The van der Waals surface area contributed by atoms with Crippen molar-refractivity contribution in [2.75, 3.05) is 25.5 Å². The minimum Gasteiger partial charge on any atom is -0.367 e. The van der Waals surface area contributed by atoms with Gasteiger partial charge in [-0.05, 0) is 48.7 Å². The number of aliphatic imine (C=N–C) groups is 1. The van der Waals surface area contributed by atoms with Crippen LogP contribution in [0.2, 0.25) is 0 Å². The molecule has 0 spiro atoms. The topological polar surface area (TPSA) is 66.0 Å². The zero-order chi connectivity index (χ0) is 22.2. The molecule has 3 rings (SSSR count). The van der Waals surface area contributed by atoms with Gasteiger partial charge in [-0.2, -0.15) is 0 Å². The fourth-order valence-electron chi connectivity index (χ4n) is 3.66. The average molecular weight is 554 g/mol. The Hall–Kier alpha value is -2.20. The minimum absolute atomic E-state index is 0. The van der Waals surface area contributed by atoms with E-state index in [0.717, 1.165) is 35.7 Å². The monoisotopic (exact) mass is 554 g/mol. The van der Waals surface area contributed by atoms with Crippen molar-refractivity contribution in [3.05, 3.63) is 65.5 Å². The normalized spacial score (nSPS) is 18.6. The molecule has 2 aromatic carbocycles. The highest BCUT2D eigenvalue weighted by Crippen LogP contribution is 2.25. The van der Waals surface area contributed by atoms with Gasteiger partial charge in [0.1, 0.15) is 11.9 Å². The highest BCUT2D eigenvalue weighted by atomic mass is 127. The highest BCUT2D eigenvalue weighted by molar-refractivity contribution is 14.0. The first kappa shape index (κ1) is 26.1. The number of hydrogen-bond donors (Lipinski definition) is 2. The number of anilines is 1. The Bertz CT molecular complexity index is 890. The number of benzene rings is 2. The van der Waals surface area contributed by atoms with Crippen molar-refractivity contribution in [1.82, 2.24) is 10.2 Å². The number of carbonyl (C=O) groups excluding carboxylic acids is 1. The van der Waals surface area contributed by atoms with Crippen molar-refractivity contribution in [2.24, 2.45) is 4.99 Å². The van der Waals surface area contributed by atoms with Gasteiger partial charge in [-0.25, -0.2) is 4.39 Å². The summed E-state index contributed by atoms with van der Waals surface area (Å²) in [4.78, 5) is 18.3. The second-order valence-corrected chi connectivity index (χ2v) is 7.79. The molecule has 1 saturated heterocycles. The fraction of sp³-hybridized carbons (Fsp3) is 0.417. The molecule has 2 aromatic rings. The maximum Gasteiger partial charge on any atom is 0.224 e. The smallest absolute Gasteiger partial charge is 0.224 e. The third kappa shape index (κ3) is 7.44. The number of amides is 1. The van der Waals surface area contributed by atoms with Gasteiger partial charge in [0.15, 0.2) is 5.96 Å². The van der Waals surface area contributed by atoms with Gasteiger partial charge in [0.2, 0.25) is 5.91 Å². The number of carbonyl (C=O) groups is 1. The van der Waals surface area contributed by atoms with Crippen LogP contribution in [0, 0.1) is 5.82 Å². The van der Waals surface area contributed by atoms with E-state index in [1.165, 1.54) is 12.1 Å². The number of halogens is 2. The minimum atomic E-state index is -0.252. The van der Waals surface area contributed by atoms with Crippen LogP contribution in [0.4, 0.5) is 10.1 Å². The lowest BCUT2D eigenvalue weighted by Gasteiger charge is -2.38. The summed E-state index contributed by atoms with van der Waals surface area (Å²) in [7, 11) is 1.77. The third-order valence-electron chi connectivity index (χ3n) is 5.18. The molecule has 1 aliphatic heterocycles. The molecule has 0 aromatic heterocycles. The number of hydrogen-bond acceptors (Lipinski definition) is 3. The zero-order valence-corrected chi connectivity index (χ0v) is 21.1. The molecule has 174 valence electrons. The molecule has 0 aliphatic carbocycles. The number of guanidine groups is 1. The van der Waals surface area contributed by atoms with Crippen LogP contribution in [0.3, 0.4) is 0 Å². The van der Waals surface area contributed by atoms with Crippen LogP contribution in [-0.2, 0) is 16.1 Å². The Kier molecular flexibility index (Phi) is 10.4. The molecule has 1 fully saturated rings. The van der Waals surface area contributed by atoms with Crippen molar-refractivity contribution >= 4 is 41.5 Å². The van der Waals surface area contributed by atoms with E-state index < -0.39 is 0 Å². The van der Waals surface area contributed by atoms with Crippen LogP contribution in [-0.4, -0.2) is 43.0 Å². The Balaban J connectivity index is 0.00000363. The van der Waals surface area contributed by atoms with Gasteiger partial charge in [0.25, 0.3) is 0 Å². The second-order valence-electron chi connectivity index (χ2n) is 7.79. The molecule has 2 N–H and O–H groups in total. The maximum absolute atomic E-state index is 13.3. The van der Waals surface area contributed by atoms with Crippen LogP contribution in [0.25, 0.3) is 0 Å². The van der Waals surface area contributed by atoms with Crippen molar-refractivity contribution in [3.8, 4) is 0 Å². The molecule has 0 saturated carbocycles. The standard InChI is InChI=1S/C24H31FN4O2.HI/c1-4-5-23(30)28-21-12-6-18(7-13-21)14-27-24(26-3)29-15-17(2)31-22(16-29)19-8-10-20(25)11-9-19;/h6-13,17,22H,4-5,14-16H2,1-3H3,(H,26,27)(H,28,30);1H. The summed E-state index contributed by atoms with van der Waals surface area (Å²) in [6, 6.07) is 14.3. The summed E-state index contributed by atoms with van der Waals surface area (Å²) in [5.41, 5.74) is 2.84. The summed E-state index contributed by atoms with van der Waals surface area (Å²) in [5, 5.41) is 6.31. The lowest BCUT2D eigenvalue weighted by atomic mass is 10.1. The first-order chi connectivity index (χ1) is 15.0. The van der Waals surface area contributed by atoms with Gasteiger partial charge in [0, 0.05) is 32.2 Å². The molecule has 1 aliphatic rings. The highest BCUT2D eigenvalue weighted by Gasteiger charge is 2.28. The largest absolute Gasteiger partial charge is 0.367 e. The lowest BCUT2D eigenvalue weighted by Crippen LogP contribution is -2.50. The van der Waals surface area contributed by atoms with Crippen LogP contribution in [0.1, 0.15) is 43.9 Å².